The number of halogens is 3. The quantitative estimate of drug-likeness (QED) is 0.356. The molecule has 2 fully saturated rings. The van der Waals surface area contributed by atoms with Gasteiger partial charge in [-0.1, -0.05) is 30.3 Å². The number of hydrogen-bond donors (Lipinski definition) is 0. The third-order valence-electron chi connectivity index (χ3n) is 7.99. The average molecular weight is 567 g/mol. The van der Waals surface area contributed by atoms with Gasteiger partial charge in [-0.3, -0.25) is 9.69 Å². The first-order valence-electron chi connectivity index (χ1n) is 13.9. The van der Waals surface area contributed by atoms with Crippen molar-refractivity contribution in [1.82, 2.24) is 19.8 Å². The number of nitrogens with zero attached hydrogens (tertiary/aromatic N) is 4. The summed E-state index contributed by atoms with van der Waals surface area (Å²) in [6.07, 6.45) is -0.855. The largest absolute Gasteiger partial charge is 0.460 e. The Morgan fingerprint density at radius 3 is 2.27 bits per heavy atom. The molecule has 7 nitrogen and oxygen atoms in total. The second-order valence-electron chi connectivity index (χ2n) is 10.7. The summed E-state index contributed by atoms with van der Waals surface area (Å²) in [5.41, 5.74) is 1.30. The van der Waals surface area contributed by atoms with Crippen LogP contribution in [0.5, 0.6) is 0 Å². The maximum Gasteiger partial charge on any atom is 0.416 e. The molecule has 0 radical (unpaired) electrons. The van der Waals surface area contributed by atoms with Gasteiger partial charge in [0, 0.05) is 30.7 Å². The van der Waals surface area contributed by atoms with E-state index in [1.165, 1.54) is 12.1 Å². The molecule has 216 valence electrons. The molecule has 0 unspecified atom stereocenters. The van der Waals surface area contributed by atoms with Gasteiger partial charge in [0.2, 0.25) is 0 Å². The Labute approximate surface area is 237 Å². The molecule has 1 atom stereocenters. The van der Waals surface area contributed by atoms with E-state index in [-0.39, 0.29) is 29.3 Å². The van der Waals surface area contributed by atoms with Gasteiger partial charge in [0.1, 0.15) is 6.61 Å². The molecule has 41 heavy (non-hydrogen) atoms. The van der Waals surface area contributed by atoms with Crippen molar-refractivity contribution in [3.8, 4) is 11.4 Å². The van der Waals surface area contributed by atoms with Gasteiger partial charge in [0.15, 0.2) is 5.82 Å². The minimum absolute atomic E-state index is 0.161. The van der Waals surface area contributed by atoms with E-state index in [9.17, 15) is 22.8 Å². The molecule has 2 aliphatic rings. The normalized spacial score (nSPS) is 18.5. The molecule has 0 aliphatic carbocycles. The first-order chi connectivity index (χ1) is 19.6. The van der Waals surface area contributed by atoms with Gasteiger partial charge in [-0.15, -0.1) is 0 Å². The van der Waals surface area contributed by atoms with E-state index in [4.69, 9.17) is 4.74 Å². The van der Waals surface area contributed by atoms with Crippen molar-refractivity contribution in [2.75, 3.05) is 26.2 Å². The number of ether oxygens (including phenoxy) is 1. The van der Waals surface area contributed by atoms with Crippen LogP contribution in [0.1, 0.15) is 63.4 Å². The fourth-order valence-electron chi connectivity index (χ4n) is 5.90. The number of likely N-dealkylation sites (tertiary alicyclic amines) is 2. The highest BCUT2D eigenvalue weighted by Gasteiger charge is 2.35. The Morgan fingerprint density at radius 1 is 0.927 bits per heavy atom. The average Bonchev–Trinajstić information content (AvgIpc) is 3.44. The van der Waals surface area contributed by atoms with Gasteiger partial charge < -0.3 is 9.64 Å². The standard InChI is InChI=1S/C31H33F3N4O3/c1-20-27(21(2)36-28(35-20)23-10-6-11-24(18-23)31(32,33)34)29(39)37-16-13-25(14-17-37)38-15-7-12-26(38)19-41-30(40)22-8-4-3-5-9-22/h3-6,8-11,18,25-26H,7,12-17,19H2,1-2H3/t26-/m0/s1. The van der Waals surface area contributed by atoms with E-state index in [1.54, 1.807) is 30.9 Å². The molecular weight excluding hydrogens is 533 g/mol. The van der Waals surface area contributed by atoms with Crippen LogP contribution in [-0.4, -0.2) is 70.0 Å². The molecule has 5 rings (SSSR count). The maximum atomic E-state index is 13.5. The van der Waals surface area contributed by atoms with E-state index in [0.717, 1.165) is 44.4 Å². The van der Waals surface area contributed by atoms with Crippen LogP contribution in [-0.2, 0) is 10.9 Å². The third-order valence-corrected chi connectivity index (χ3v) is 7.99. The van der Waals surface area contributed by atoms with Crippen LogP contribution in [0.4, 0.5) is 13.2 Å². The summed E-state index contributed by atoms with van der Waals surface area (Å²) in [5.74, 6) is -0.317. The number of carbonyl (C=O) groups excluding carboxylic acids is 2. The topological polar surface area (TPSA) is 75.6 Å². The number of aromatic nitrogens is 2. The van der Waals surface area contributed by atoms with Crippen LogP contribution >= 0.6 is 0 Å². The second kappa shape index (κ2) is 12.0. The van der Waals surface area contributed by atoms with Crippen LogP contribution in [0.2, 0.25) is 0 Å². The minimum atomic E-state index is -4.47. The highest BCUT2D eigenvalue weighted by atomic mass is 19.4. The number of aryl methyl sites for hydroxylation is 2. The minimum Gasteiger partial charge on any atom is -0.460 e. The Hall–Kier alpha value is -3.79. The van der Waals surface area contributed by atoms with Crippen molar-refractivity contribution in [2.24, 2.45) is 0 Å². The number of benzene rings is 2. The molecule has 0 saturated carbocycles. The monoisotopic (exact) mass is 566 g/mol. The van der Waals surface area contributed by atoms with Crippen molar-refractivity contribution in [1.29, 1.82) is 0 Å². The zero-order valence-electron chi connectivity index (χ0n) is 23.2. The van der Waals surface area contributed by atoms with Crippen LogP contribution in [0.15, 0.2) is 54.6 Å². The SMILES string of the molecule is Cc1nc(-c2cccc(C(F)(F)F)c2)nc(C)c1C(=O)N1CCC(N2CCC[C@H]2COC(=O)c2ccccc2)CC1. The Kier molecular flexibility index (Phi) is 8.40. The molecule has 0 spiro atoms. The summed E-state index contributed by atoms with van der Waals surface area (Å²) in [6, 6.07) is 14.3. The van der Waals surface area contributed by atoms with E-state index >= 15 is 0 Å². The fourth-order valence-corrected chi connectivity index (χ4v) is 5.90. The van der Waals surface area contributed by atoms with E-state index in [2.05, 4.69) is 14.9 Å². The Morgan fingerprint density at radius 2 is 1.61 bits per heavy atom. The van der Waals surface area contributed by atoms with Crippen LogP contribution < -0.4 is 0 Å². The van der Waals surface area contributed by atoms with Gasteiger partial charge in [0.05, 0.1) is 28.1 Å². The summed E-state index contributed by atoms with van der Waals surface area (Å²) in [5, 5.41) is 0. The predicted octanol–water partition coefficient (Wildman–Crippen LogP) is 5.71. The number of esters is 1. The van der Waals surface area contributed by atoms with Crippen molar-refractivity contribution < 1.29 is 27.5 Å². The smallest absolute Gasteiger partial charge is 0.416 e. The Balaban J connectivity index is 1.21. The molecule has 0 N–H and O–H groups in total. The summed E-state index contributed by atoms with van der Waals surface area (Å²) in [7, 11) is 0. The van der Waals surface area contributed by atoms with Crippen molar-refractivity contribution in [3.05, 3.63) is 82.7 Å². The maximum absolute atomic E-state index is 13.5. The number of hydrogen-bond acceptors (Lipinski definition) is 6. The van der Waals surface area contributed by atoms with E-state index in [0.29, 0.717) is 48.3 Å². The highest BCUT2D eigenvalue weighted by molar-refractivity contribution is 5.96. The van der Waals surface area contributed by atoms with Gasteiger partial charge in [-0.25, -0.2) is 14.8 Å². The van der Waals surface area contributed by atoms with Crippen LogP contribution in [0.3, 0.4) is 0 Å². The number of amides is 1. The molecule has 2 saturated heterocycles. The summed E-state index contributed by atoms with van der Waals surface area (Å²) in [6.45, 7) is 5.82. The molecular formula is C31H33F3N4O3. The molecule has 3 heterocycles. The lowest BCUT2D eigenvalue weighted by atomic mass is 10.0. The van der Waals surface area contributed by atoms with Gasteiger partial charge >= 0.3 is 12.1 Å². The molecule has 1 amide bonds. The number of alkyl halides is 3. The number of rotatable bonds is 6. The van der Waals surface area contributed by atoms with Gasteiger partial charge in [-0.05, 0) is 70.3 Å². The van der Waals surface area contributed by atoms with Crippen molar-refractivity contribution in [3.63, 3.8) is 0 Å². The molecule has 2 aromatic carbocycles. The number of piperidine rings is 1. The summed E-state index contributed by atoms with van der Waals surface area (Å²) in [4.78, 5) is 39.0. The van der Waals surface area contributed by atoms with Gasteiger partial charge in [0.25, 0.3) is 5.91 Å². The predicted molar refractivity (Wildman–Crippen MR) is 147 cm³/mol. The summed E-state index contributed by atoms with van der Waals surface area (Å²) < 4.78 is 45.2. The first kappa shape index (κ1) is 28.7. The van der Waals surface area contributed by atoms with Crippen LogP contribution in [0, 0.1) is 13.8 Å². The lowest BCUT2D eigenvalue weighted by Gasteiger charge is -2.39. The van der Waals surface area contributed by atoms with Crippen molar-refractivity contribution >= 4 is 11.9 Å². The molecule has 0 bridgehead atoms. The summed E-state index contributed by atoms with van der Waals surface area (Å²) >= 11 is 0. The van der Waals surface area contributed by atoms with Crippen LogP contribution in [0.25, 0.3) is 11.4 Å². The third kappa shape index (κ3) is 6.43. The van der Waals surface area contributed by atoms with E-state index < -0.39 is 11.7 Å². The lowest BCUT2D eigenvalue weighted by molar-refractivity contribution is -0.137. The molecule has 3 aromatic rings. The zero-order chi connectivity index (χ0) is 29.1. The molecule has 1 aromatic heterocycles. The number of carbonyl (C=O) groups is 2. The first-order valence-corrected chi connectivity index (χ1v) is 13.9. The molecule has 10 heteroatoms. The van der Waals surface area contributed by atoms with Gasteiger partial charge in [-0.2, -0.15) is 13.2 Å². The fraction of sp³-hybridized carbons (Fsp3) is 0.419. The zero-order valence-corrected chi connectivity index (χ0v) is 23.2. The highest BCUT2D eigenvalue weighted by Crippen LogP contribution is 2.32. The Bertz CT molecular complexity index is 1380. The van der Waals surface area contributed by atoms with Crippen molar-refractivity contribution in [2.45, 2.75) is 57.8 Å². The van der Waals surface area contributed by atoms with E-state index in [1.807, 2.05) is 18.2 Å². The second-order valence-corrected chi connectivity index (χ2v) is 10.7. The molecule has 2 aliphatic heterocycles. The lowest BCUT2D eigenvalue weighted by Crippen LogP contribution is -2.49.